The van der Waals surface area contributed by atoms with Crippen LogP contribution in [0.1, 0.15) is 0 Å². The van der Waals surface area contributed by atoms with Gasteiger partial charge in [0.15, 0.2) is 4.77 Å². The highest BCUT2D eigenvalue weighted by molar-refractivity contribution is 7.71. The molecule has 3 nitrogen and oxygen atoms in total. The Balaban J connectivity index is 1.89. The van der Waals surface area contributed by atoms with E-state index in [0.29, 0.717) is 10.2 Å². The lowest BCUT2D eigenvalue weighted by atomic mass is 10.1. The van der Waals surface area contributed by atoms with E-state index < -0.39 is 0 Å². The Morgan fingerprint density at radius 1 is 0.889 bits per heavy atom. The van der Waals surface area contributed by atoms with Gasteiger partial charge in [-0.05, 0) is 29.2 Å². The van der Waals surface area contributed by atoms with E-state index in [9.17, 15) is 4.79 Å². The maximum Gasteiger partial charge on any atom is 0.268 e. The first kappa shape index (κ1) is 16.2. The summed E-state index contributed by atoms with van der Waals surface area (Å²) in [6.45, 7) is 0. The molecule has 3 aromatic carbocycles. The van der Waals surface area contributed by atoms with Crippen LogP contribution in [-0.2, 0) is 0 Å². The molecule has 5 rings (SSSR count). The van der Waals surface area contributed by atoms with Gasteiger partial charge >= 0.3 is 0 Å². The normalized spacial score (nSPS) is 11.3. The number of benzene rings is 3. The molecule has 0 aliphatic rings. The molecule has 2 aromatic heterocycles. The van der Waals surface area contributed by atoms with E-state index in [1.165, 1.54) is 11.3 Å². The summed E-state index contributed by atoms with van der Waals surface area (Å²) in [7, 11) is 0. The average molecular weight is 387 g/mol. The maximum atomic E-state index is 13.5. The van der Waals surface area contributed by atoms with Crippen molar-refractivity contribution in [3.8, 4) is 16.8 Å². The van der Waals surface area contributed by atoms with Gasteiger partial charge in [0, 0.05) is 16.3 Å². The van der Waals surface area contributed by atoms with Crippen molar-refractivity contribution in [3.05, 3.63) is 93.3 Å². The highest BCUT2D eigenvalue weighted by Gasteiger charge is 2.15. The molecule has 0 fully saturated rings. The highest BCUT2D eigenvalue weighted by Crippen LogP contribution is 2.31. The van der Waals surface area contributed by atoms with Crippen LogP contribution < -0.4 is 5.56 Å². The number of H-pyrrole nitrogens is 1. The number of aromatic nitrogens is 2. The minimum Gasteiger partial charge on any atom is -0.323 e. The Morgan fingerprint density at radius 3 is 2.48 bits per heavy atom. The Hall–Kier alpha value is -3.02. The van der Waals surface area contributed by atoms with Gasteiger partial charge in [-0.2, -0.15) is 0 Å². The molecular formula is C22H14N2OS2. The lowest BCUT2D eigenvalue weighted by Gasteiger charge is -2.10. The van der Waals surface area contributed by atoms with Gasteiger partial charge in [-0.25, -0.2) is 0 Å². The Morgan fingerprint density at radius 2 is 1.63 bits per heavy atom. The van der Waals surface area contributed by atoms with E-state index >= 15 is 0 Å². The van der Waals surface area contributed by atoms with Gasteiger partial charge in [-0.15, -0.1) is 11.3 Å². The number of nitrogens with one attached hydrogen (secondary N) is 1. The molecule has 130 valence electrons. The van der Waals surface area contributed by atoms with Crippen molar-refractivity contribution in [1.29, 1.82) is 0 Å². The van der Waals surface area contributed by atoms with Crippen LogP contribution in [0.25, 0.3) is 37.8 Å². The third-order valence-corrected chi connectivity index (χ3v) is 5.90. The van der Waals surface area contributed by atoms with Gasteiger partial charge in [0.25, 0.3) is 5.56 Å². The Labute approximate surface area is 164 Å². The second kappa shape index (κ2) is 6.30. The molecule has 0 saturated heterocycles. The van der Waals surface area contributed by atoms with Gasteiger partial charge in [-0.3, -0.25) is 9.36 Å². The molecule has 0 radical (unpaired) electrons. The zero-order valence-electron chi connectivity index (χ0n) is 14.2. The van der Waals surface area contributed by atoms with Gasteiger partial charge in [-0.1, -0.05) is 66.7 Å². The molecule has 0 unspecified atom stereocenters. The largest absolute Gasteiger partial charge is 0.323 e. The quantitative estimate of drug-likeness (QED) is 0.382. The minimum absolute atomic E-state index is 0.0924. The molecule has 0 atom stereocenters. The standard InChI is InChI=1S/C22H14N2OS2/c25-21-19-17(15-7-2-1-3-8-15)13-27-20(19)23-22(26)24(21)18-12-6-10-14-9-4-5-11-16(14)18/h1-13H,(H,23,26). The molecule has 0 amide bonds. The van der Waals surface area contributed by atoms with Crippen LogP contribution in [0.15, 0.2) is 83.0 Å². The topological polar surface area (TPSA) is 37.8 Å². The summed E-state index contributed by atoms with van der Waals surface area (Å²) in [6.07, 6.45) is 0. The average Bonchev–Trinajstić information content (AvgIpc) is 3.13. The smallest absolute Gasteiger partial charge is 0.268 e. The molecule has 0 bridgehead atoms. The first-order valence-electron chi connectivity index (χ1n) is 8.54. The van der Waals surface area contributed by atoms with Gasteiger partial charge in [0.1, 0.15) is 4.83 Å². The zero-order chi connectivity index (χ0) is 18.4. The first-order valence-corrected chi connectivity index (χ1v) is 9.83. The summed E-state index contributed by atoms with van der Waals surface area (Å²) >= 11 is 7.06. The monoisotopic (exact) mass is 386 g/mol. The van der Waals surface area contributed by atoms with Crippen LogP contribution >= 0.6 is 23.6 Å². The molecule has 0 aliphatic heterocycles. The SMILES string of the molecule is O=c1c2c(-c3ccccc3)csc2[nH]c(=S)n1-c1cccc2ccccc12. The number of nitrogens with zero attached hydrogens (tertiary/aromatic N) is 1. The molecular weight excluding hydrogens is 372 g/mol. The van der Waals surface area contributed by atoms with Gasteiger partial charge in [0.2, 0.25) is 0 Å². The van der Waals surface area contributed by atoms with E-state index in [2.05, 4.69) is 4.98 Å². The maximum absolute atomic E-state index is 13.5. The molecule has 27 heavy (non-hydrogen) atoms. The molecule has 5 aromatic rings. The number of hydrogen-bond donors (Lipinski definition) is 1. The lowest BCUT2D eigenvalue weighted by Crippen LogP contribution is -2.20. The van der Waals surface area contributed by atoms with Crippen LogP contribution in [-0.4, -0.2) is 9.55 Å². The van der Waals surface area contributed by atoms with Crippen molar-refractivity contribution in [3.63, 3.8) is 0 Å². The van der Waals surface area contributed by atoms with Crippen molar-refractivity contribution >= 4 is 44.5 Å². The lowest BCUT2D eigenvalue weighted by molar-refractivity contribution is 0.951. The minimum atomic E-state index is -0.0924. The predicted octanol–water partition coefficient (Wildman–Crippen LogP) is 5.93. The van der Waals surface area contributed by atoms with Crippen LogP contribution in [0.4, 0.5) is 0 Å². The van der Waals surface area contributed by atoms with Crippen molar-refractivity contribution in [2.75, 3.05) is 0 Å². The predicted molar refractivity (Wildman–Crippen MR) is 116 cm³/mol. The molecule has 0 saturated carbocycles. The number of thiophene rings is 1. The van der Waals surface area contributed by atoms with Gasteiger partial charge in [0.05, 0.1) is 11.1 Å². The second-order valence-corrected chi connectivity index (χ2v) is 7.55. The second-order valence-electron chi connectivity index (χ2n) is 6.29. The summed E-state index contributed by atoms with van der Waals surface area (Å²) in [5.41, 5.74) is 2.66. The van der Waals surface area contributed by atoms with E-state index in [4.69, 9.17) is 12.2 Å². The van der Waals surface area contributed by atoms with Crippen molar-refractivity contribution in [1.82, 2.24) is 9.55 Å². The Kier molecular flexibility index (Phi) is 3.77. The van der Waals surface area contributed by atoms with Crippen molar-refractivity contribution in [2.45, 2.75) is 0 Å². The van der Waals surface area contributed by atoms with Crippen molar-refractivity contribution in [2.24, 2.45) is 0 Å². The third-order valence-electron chi connectivity index (χ3n) is 4.72. The Bertz CT molecular complexity index is 1410. The summed E-state index contributed by atoms with van der Waals surface area (Å²) in [5, 5.41) is 4.76. The summed E-state index contributed by atoms with van der Waals surface area (Å²) in [6, 6.07) is 23.9. The van der Waals surface area contributed by atoms with E-state index in [1.807, 2.05) is 78.2 Å². The molecule has 0 aliphatic carbocycles. The van der Waals surface area contributed by atoms with E-state index in [1.54, 1.807) is 4.57 Å². The fourth-order valence-corrected chi connectivity index (χ4v) is 4.78. The molecule has 5 heteroatoms. The van der Waals surface area contributed by atoms with E-state index in [-0.39, 0.29) is 5.56 Å². The summed E-state index contributed by atoms with van der Waals surface area (Å²) in [5.74, 6) is 0. The summed E-state index contributed by atoms with van der Waals surface area (Å²) < 4.78 is 2.02. The molecule has 1 N–H and O–H groups in total. The highest BCUT2D eigenvalue weighted by atomic mass is 32.1. The van der Waals surface area contributed by atoms with Crippen LogP contribution in [0.2, 0.25) is 0 Å². The van der Waals surface area contributed by atoms with Crippen LogP contribution in [0.3, 0.4) is 0 Å². The fourth-order valence-electron chi connectivity index (χ4n) is 3.47. The third kappa shape index (κ3) is 2.55. The van der Waals surface area contributed by atoms with Gasteiger partial charge < -0.3 is 4.98 Å². The van der Waals surface area contributed by atoms with Crippen LogP contribution in [0, 0.1) is 4.77 Å². The first-order chi connectivity index (χ1) is 13.2. The summed E-state index contributed by atoms with van der Waals surface area (Å²) in [4.78, 5) is 17.6. The van der Waals surface area contributed by atoms with E-state index in [0.717, 1.165) is 32.4 Å². The molecule has 0 spiro atoms. The van der Waals surface area contributed by atoms with Crippen LogP contribution in [0.5, 0.6) is 0 Å². The van der Waals surface area contributed by atoms with Crippen molar-refractivity contribution < 1.29 is 0 Å². The zero-order valence-corrected chi connectivity index (χ0v) is 15.8. The number of fused-ring (bicyclic) bond motifs is 2. The fraction of sp³-hybridized carbons (Fsp3) is 0. The number of rotatable bonds is 2. The molecule has 2 heterocycles. The number of aromatic amines is 1. The number of hydrogen-bond acceptors (Lipinski definition) is 3.